The number of halogens is 3. The summed E-state index contributed by atoms with van der Waals surface area (Å²) in [5.41, 5.74) is 2.30. The van der Waals surface area contributed by atoms with E-state index in [0.717, 1.165) is 29.5 Å². The van der Waals surface area contributed by atoms with Crippen LogP contribution < -0.4 is 5.32 Å². The summed E-state index contributed by atoms with van der Waals surface area (Å²) in [6, 6.07) is 14.7. The van der Waals surface area contributed by atoms with Gasteiger partial charge in [-0.25, -0.2) is 9.18 Å². The third-order valence-corrected chi connectivity index (χ3v) is 9.75. The molecule has 2 fully saturated rings. The molecule has 1 saturated heterocycles. The second kappa shape index (κ2) is 8.28. The number of hydrogen-bond donors (Lipinski definition) is 2. The van der Waals surface area contributed by atoms with Gasteiger partial charge in [-0.2, -0.15) is 5.10 Å². The summed E-state index contributed by atoms with van der Waals surface area (Å²) in [7, 11) is 0. The largest absolute Gasteiger partial charge is 0.478 e. The number of aromatic carboxylic acids is 1. The van der Waals surface area contributed by atoms with Gasteiger partial charge in [0.1, 0.15) is 11.4 Å². The Balaban J connectivity index is 1.42. The number of nitrogens with zero attached hydrogens (tertiary/aromatic N) is 3. The Hall–Kier alpha value is -3.46. The molecule has 4 aromatic rings. The predicted molar refractivity (Wildman–Crippen MR) is 149 cm³/mol. The maximum absolute atomic E-state index is 16.0. The van der Waals surface area contributed by atoms with Gasteiger partial charge in [0.05, 0.1) is 22.1 Å². The van der Waals surface area contributed by atoms with E-state index < -0.39 is 29.3 Å². The third-order valence-electron chi connectivity index (χ3n) is 9.23. The fourth-order valence-corrected chi connectivity index (χ4v) is 7.83. The minimum absolute atomic E-state index is 0.00507. The molecule has 2 N–H and O–H groups in total. The Kier molecular flexibility index (Phi) is 5.04. The predicted octanol–water partition coefficient (Wildman–Crippen LogP) is 6.00. The van der Waals surface area contributed by atoms with Crippen LogP contribution in [0.1, 0.15) is 52.0 Å². The van der Waals surface area contributed by atoms with E-state index in [2.05, 4.69) is 10.2 Å². The molecule has 8 rings (SSSR count). The summed E-state index contributed by atoms with van der Waals surface area (Å²) in [5.74, 6) is -1.99. The fourth-order valence-electron chi connectivity index (χ4n) is 7.48. The maximum atomic E-state index is 16.0. The first-order valence-corrected chi connectivity index (χ1v) is 14.1. The van der Waals surface area contributed by atoms with Crippen molar-refractivity contribution in [2.75, 3.05) is 11.9 Å². The number of nitrogens with one attached hydrogen (secondary N) is 1. The first-order chi connectivity index (χ1) is 19.3. The van der Waals surface area contributed by atoms with E-state index in [9.17, 15) is 14.7 Å². The zero-order valence-corrected chi connectivity index (χ0v) is 22.6. The molecule has 4 atom stereocenters. The van der Waals surface area contributed by atoms with Crippen molar-refractivity contribution in [3.63, 3.8) is 0 Å². The van der Waals surface area contributed by atoms with Crippen LogP contribution in [0.5, 0.6) is 0 Å². The van der Waals surface area contributed by atoms with Gasteiger partial charge < -0.3 is 10.4 Å². The minimum Gasteiger partial charge on any atom is -0.478 e. The van der Waals surface area contributed by atoms with Crippen molar-refractivity contribution in [2.45, 2.75) is 42.8 Å². The molecule has 1 aliphatic carbocycles. The number of rotatable bonds is 4. The van der Waals surface area contributed by atoms with Crippen LogP contribution in [0.3, 0.4) is 0 Å². The number of amides is 1. The summed E-state index contributed by atoms with van der Waals surface area (Å²) in [6.45, 7) is 0.679. The molecule has 1 spiro atoms. The molecule has 0 unspecified atom stereocenters. The average molecular weight is 577 g/mol. The van der Waals surface area contributed by atoms with Gasteiger partial charge in [0.15, 0.2) is 0 Å². The fraction of sp³-hybridized carbons (Fsp3) is 0.300. The molecule has 3 aromatic carbocycles. The van der Waals surface area contributed by atoms with Gasteiger partial charge in [0.2, 0.25) is 5.91 Å². The summed E-state index contributed by atoms with van der Waals surface area (Å²) in [6.07, 6.45) is 2.70. The number of carbonyl (C=O) groups excluding carboxylic acids is 1. The third kappa shape index (κ3) is 3.12. The Morgan fingerprint density at radius 1 is 1.15 bits per heavy atom. The first-order valence-electron chi connectivity index (χ1n) is 13.4. The van der Waals surface area contributed by atoms with Crippen molar-refractivity contribution in [3.8, 4) is 0 Å². The summed E-state index contributed by atoms with van der Waals surface area (Å²) >= 11 is 12.7. The number of benzene rings is 3. The number of fused-ring (bicyclic) bond motifs is 7. The van der Waals surface area contributed by atoms with Crippen molar-refractivity contribution in [3.05, 3.63) is 92.8 Å². The molecule has 7 nitrogen and oxygen atoms in total. The van der Waals surface area contributed by atoms with Crippen LogP contribution in [-0.2, 0) is 16.8 Å². The molecule has 1 amide bonds. The second-order valence-electron chi connectivity index (χ2n) is 11.3. The number of anilines is 1. The molecule has 40 heavy (non-hydrogen) atoms. The Morgan fingerprint density at radius 2 is 1.98 bits per heavy atom. The van der Waals surface area contributed by atoms with E-state index in [4.69, 9.17) is 28.3 Å². The van der Waals surface area contributed by atoms with Crippen LogP contribution in [0.4, 0.5) is 10.1 Å². The van der Waals surface area contributed by atoms with Crippen molar-refractivity contribution >= 4 is 51.7 Å². The van der Waals surface area contributed by atoms with Crippen LogP contribution in [0, 0.1) is 11.7 Å². The van der Waals surface area contributed by atoms with Gasteiger partial charge in [-0.15, -0.1) is 0 Å². The number of aromatic nitrogens is 2. The number of carboxylic acid groups (broad SMARTS) is 1. The highest BCUT2D eigenvalue weighted by molar-refractivity contribution is 6.31. The van der Waals surface area contributed by atoms with Crippen LogP contribution in [0.15, 0.2) is 54.6 Å². The molecule has 3 aliphatic heterocycles. The number of hydrogen-bond acceptors (Lipinski definition) is 4. The van der Waals surface area contributed by atoms with E-state index >= 15 is 4.39 Å². The van der Waals surface area contributed by atoms with Gasteiger partial charge in [-0.1, -0.05) is 41.4 Å². The second-order valence-corrected chi connectivity index (χ2v) is 12.2. The van der Waals surface area contributed by atoms with Crippen LogP contribution in [0.25, 0.3) is 10.9 Å². The van der Waals surface area contributed by atoms with Gasteiger partial charge in [-0.05, 0) is 60.7 Å². The maximum Gasteiger partial charge on any atom is 0.335 e. The summed E-state index contributed by atoms with van der Waals surface area (Å²) in [5, 5.41) is 18.9. The number of likely N-dealkylation sites (tertiary alicyclic amines) is 1. The summed E-state index contributed by atoms with van der Waals surface area (Å²) in [4.78, 5) is 28.4. The van der Waals surface area contributed by atoms with Crippen molar-refractivity contribution in [1.29, 1.82) is 0 Å². The highest BCUT2D eigenvalue weighted by Crippen LogP contribution is 2.64. The normalized spacial score (nSPS) is 26.8. The van der Waals surface area contributed by atoms with Crippen molar-refractivity contribution in [1.82, 2.24) is 14.7 Å². The molecule has 1 aromatic heterocycles. The van der Waals surface area contributed by atoms with Crippen molar-refractivity contribution < 1.29 is 19.1 Å². The monoisotopic (exact) mass is 576 g/mol. The molecular weight excluding hydrogens is 554 g/mol. The van der Waals surface area contributed by atoms with Crippen molar-refractivity contribution in [2.24, 2.45) is 5.92 Å². The lowest BCUT2D eigenvalue weighted by Gasteiger charge is -2.40. The summed E-state index contributed by atoms with van der Waals surface area (Å²) < 4.78 is 18.0. The smallest absolute Gasteiger partial charge is 0.335 e. The molecule has 10 heteroatoms. The Labute approximate surface area is 238 Å². The zero-order valence-electron chi connectivity index (χ0n) is 21.1. The zero-order chi connectivity index (χ0) is 27.5. The highest BCUT2D eigenvalue weighted by Gasteiger charge is 2.69. The molecule has 4 heterocycles. The molecular formula is C30H23Cl2FN4O3. The topological polar surface area (TPSA) is 87.5 Å². The lowest BCUT2D eigenvalue weighted by Crippen LogP contribution is -2.53. The molecule has 0 bridgehead atoms. The highest BCUT2D eigenvalue weighted by atomic mass is 35.5. The SMILES string of the molecule is O=C(O)c1ccc2nn3c(c2c1)C[C@H]1[C@@H]3[C@H](c2cccc(Cl)c2F)[C@]2(C(=O)Nc3cc(Cl)ccc32)N1CC1CC1. The lowest BCUT2D eigenvalue weighted by molar-refractivity contribution is -0.128. The lowest BCUT2D eigenvalue weighted by atomic mass is 9.73. The standard InChI is InChI=1S/C30H23Cl2FN4O3/c31-16-7-8-19-22(11-16)34-29(40)30(19)25(17-2-1-3-20(32)26(17)33)27-24(36(30)13-14-4-5-14)12-23-18-10-15(28(38)39)6-9-21(18)35-37(23)27/h1-3,6-11,14,24-25,27H,4-5,12-13H2,(H,34,40)(H,38,39)/t24-,25-,27+,30+/m0/s1. The molecule has 0 radical (unpaired) electrons. The first kappa shape index (κ1) is 24.3. The number of carbonyl (C=O) groups is 2. The van der Waals surface area contributed by atoms with E-state index in [1.807, 2.05) is 10.7 Å². The van der Waals surface area contributed by atoms with Crippen LogP contribution >= 0.6 is 23.2 Å². The van der Waals surface area contributed by atoms with E-state index in [1.54, 1.807) is 42.5 Å². The quantitative estimate of drug-likeness (QED) is 0.311. The number of carboxylic acids is 1. The van der Waals surface area contributed by atoms with E-state index in [0.29, 0.717) is 40.7 Å². The van der Waals surface area contributed by atoms with Gasteiger partial charge in [0.25, 0.3) is 0 Å². The Bertz CT molecular complexity index is 1790. The molecule has 1 saturated carbocycles. The van der Waals surface area contributed by atoms with E-state index in [1.165, 1.54) is 6.07 Å². The van der Waals surface area contributed by atoms with Gasteiger partial charge in [-0.3, -0.25) is 14.4 Å². The molecule has 4 aliphatic rings. The van der Waals surface area contributed by atoms with Crippen LogP contribution in [-0.4, -0.2) is 44.3 Å². The van der Waals surface area contributed by atoms with Crippen LogP contribution in [0.2, 0.25) is 10.0 Å². The van der Waals surface area contributed by atoms with Gasteiger partial charge in [0, 0.05) is 52.3 Å². The molecule has 202 valence electrons. The Morgan fingerprint density at radius 3 is 2.75 bits per heavy atom. The minimum atomic E-state index is -1.20. The van der Waals surface area contributed by atoms with Gasteiger partial charge >= 0.3 is 5.97 Å². The average Bonchev–Trinajstić information content (AvgIpc) is 3.37. The van der Waals surface area contributed by atoms with E-state index in [-0.39, 0.29) is 22.5 Å².